The van der Waals surface area contributed by atoms with Crippen LogP contribution in [0.5, 0.6) is 5.88 Å². The maximum absolute atomic E-state index is 13.6. The van der Waals surface area contributed by atoms with Crippen LogP contribution in [0, 0.1) is 0 Å². The molecule has 1 aliphatic rings. The Bertz CT molecular complexity index is 1100. The van der Waals surface area contributed by atoms with E-state index < -0.39 is 17.6 Å². The summed E-state index contributed by atoms with van der Waals surface area (Å²) in [4.78, 5) is 22.5. The maximum Gasteiger partial charge on any atom is 0.417 e. The molecule has 1 aromatic carbocycles. The number of hydrogen-bond donors (Lipinski definition) is 1. The van der Waals surface area contributed by atoms with Crippen LogP contribution >= 0.6 is 0 Å². The molecule has 3 aromatic rings. The second kappa shape index (κ2) is 8.86. The topological polar surface area (TPSA) is 67.4 Å². The van der Waals surface area contributed by atoms with E-state index in [0.717, 1.165) is 16.7 Å². The summed E-state index contributed by atoms with van der Waals surface area (Å²) in [6, 6.07) is 11.1. The molecule has 3 heterocycles. The zero-order chi connectivity index (χ0) is 22.7. The number of pyridine rings is 2. The molecule has 0 bridgehead atoms. The Morgan fingerprint density at radius 1 is 1.19 bits per heavy atom. The second-order valence-corrected chi connectivity index (χ2v) is 7.37. The van der Waals surface area contributed by atoms with Crippen LogP contribution in [0.25, 0.3) is 0 Å². The van der Waals surface area contributed by atoms with Crippen LogP contribution in [0.15, 0.2) is 54.9 Å². The number of halogens is 3. The van der Waals surface area contributed by atoms with E-state index in [-0.39, 0.29) is 5.56 Å². The molecule has 0 spiro atoms. The van der Waals surface area contributed by atoms with E-state index in [1.165, 1.54) is 19.3 Å². The molecule has 0 saturated carbocycles. The van der Waals surface area contributed by atoms with Crippen molar-refractivity contribution in [3.8, 4) is 5.88 Å². The predicted octanol–water partition coefficient (Wildman–Crippen LogP) is 4.36. The number of alkyl halides is 3. The van der Waals surface area contributed by atoms with Crippen molar-refractivity contribution in [2.75, 3.05) is 30.4 Å². The maximum atomic E-state index is 13.6. The smallest absolute Gasteiger partial charge is 0.417 e. The summed E-state index contributed by atoms with van der Waals surface area (Å²) in [6.45, 7) is 0.919. The fourth-order valence-corrected chi connectivity index (χ4v) is 3.52. The molecule has 2 aromatic heterocycles. The number of hydrogen-bond acceptors (Lipinski definition) is 5. The summed E-state index contributed by atoms with van der Waals surface area (Å²) >= 11 is 0. The largest absolute Gasteiger partial charge is 0.477 e. The Morgan fingerprint density at radius 3 is 2.72 bits per heavy atom. The SMILES string of the molecule is CN(C(=O)c1cc2c(cc1C(F)(F)F)NCC2)c1ccc(OCCc2ccccn2)nc1. The lowest BCUT2D eigenvalue weighted by atomic mass is 10.00. The Balaban J connectivity index is 1.47. The highest BCUT2D eigenvalue weighted by molar-refractivity contribution is 6.07. The van der Waals surface area contributed by atoms with Gasteiger partial charge >= 0.3 is 6.18 Å². The zero-order valence-corrected chi connectivity index (χ0v) is 17.3. The highest BCUT2D eigenvalue weighted by Crippen LogP contribution is 2.37. The lowest BCUT2D eigenvalue weighted by Crippen LogP contribution is -2.29. The first-order valence-corrected chi connectivity index (χ1v) is 10.1. The number of fused-ring (bicyclic) bond motifs is 1. The molecule has 166 valence electrons. The van der Waals surface area contributed by atoms with Gasteiger partial charge in [-0.15, -0.1) is 0 Å². The van der Waals surface area contributed by atoms with Crippen LogP contribution in [0.1, 0.15) is 27.2 Å². The van der Waals surface area contributed by atoms with Crippen LogP contribution in [-0.4, -0.2) is 36.1 Å². The Hall–Kier alpha value is -3.62. The van der Waals surface area contributed by atoms with Crippen molar-refractivity contribution >= 4 is 17.3 Å². The molecule has 1 amide bonds. The second-order valence-electron chi connectivity index (χ2n) is 7.37. The number of nitrogens with zero attached hydrogens (tertiary/aromatic N) is 3. The molecular weight excluding hydrogens is 421 g/mol. The van der Waals surface area contributed by atoms with Gasteiger partial charge < -0.3 is 15.0 Å². The van der Waals surface area contributed by atoms with Gasteiger partial charge in [-0.05, 0) is 42.3 Å². The molecule has 0 atom stereocenters. The quantitative estimate of drug-likeness (QED) is 0.615. The first-order chi connectivity index (χ1) is 15.3. The number of amides is 1. The van der Waals surface area contributed by atoms with E-state index in [9.17, 15) is 18.0 Å². The van der Waals surface area contributed by atoms with Gasteiger partial charge in [0.1, 0.15) is 0 Å². The number of anilines is 2. The van der Waals surface area contributed by atoms with Crippen molar-refractivity contribution in [1.82, 2.24) is 9.97 Å². The number of carbonyl (C=O) groups is 1. The summed E-state index contributed by atoms with van der Waals surface area (Å²) in [7, 11) is 1.42. The van der Waals surface area contributed by atoms with Crippen LogP contribution < -0.4 is 15.0 Å². The number of aromatic nitrogens is 2. The molecule has 0 unspecified atom stereocenters. The fraction of sp³-hybridized carbons (Fsp3) is 0.261. The number of carbonyl (C=O) groups excluding carboxylic acids is 1. The van der Waals surface area contributed by atoms with E-state index in [2.05, 4.69) is 15.3 Å². The van der Waals surface area contributed by atoms with E-state index in [4.69, 9.17) is 4.74 Å². The molecule has 0 fully saturated rings. The van der Waals surface area contributed by atoms with Crippen molar-refractivity contribution in [3.63, 3.8) is 0 Å². The monoisotopic (exact) mass is 442 g/mol. The van der Waals surface area contributed by atoms with Crippen LogP contribution in [0.4, 0.5) is 24.5 Å². The van der Waals surface area contributed by atoms with E-state index in [1.54, 1.807) is 18.3 Å². The van der Waals surface area contributed by atoms with E-state index >= 15 is 0 Å². The summed E-state index contributed by atoms with van der Waals surface area (Å²) in [6.07, 6.45) is -0.360. The summed E-state index contributed by atoms with van der Waals surface area (Å²) < 4.78 is 46.4. The van der Waals surface area contributed by atoms with E-state index in [1.807, 2.05) is 18.2 Å². The molecule has 0 radical (unpaired) electrons. The summed E-state index contributed by atoms with van der Waals surface area (Å²) in [5, 5.41) is 2.92. The number of benzene rings is 1. The molecule has 0 aliphatic carbocycles. The average Bonchev–Trinajstić information content (AvgIpc) is 3.26. The van der Waals surface area contributed by atoms with Crippen LogP contribution in [0.2, 0.25) is 0 Å². The Morgan fingerprint density at radius 2 is 2.03 bits per heavy atom. The summed E-state index contributed by atoms with van der Waals surface area (Å²) in [5.41, 5.74) is 1.04. The van der Waals surface area contributed by atoms with Crippen molar-refractivity contribution in [2.24, 2.45) is 0 Å². The van der Waals surface area contributed by atoms with Crippen LogP contribution in [0.3, 0.4) is 0 Å². The van der Waals surface area contributed by atoms with Gasteiger partial charge in [-0.2, -0.15) is 13.2 Å². The minimum atomic E-state index is -4.64. The van der Waals surface area contributed by atoms with Crippen molar-refractivity contribution < 1.29 is 22.7 Å². The van der Waals surface area contributed by atoms with Gasteiger partial charge in [-0.3, -0.25) is 9.78 Å². The average molecular weight is 442 g/mol. The predicted molar refractivity (Wildman–Crippen MR) is 114 cm³/mol. The lowest BCUT2D eigenvalue weighted by molar-refractivity contribution is -0.137. The first kappa shape index (κ1) is 21.6. The molecular formula is C23H21F3N4O2. The van der Waals surface area contributed by atoms with Crippen LogP contribution in [-0.2, 0) is 19.0 Å². The Kier molecular flexibility index (Phi) is 5.98. The molecule has 9 heteroatoms. The normalized spacial score (nSPS) is 12.8. The summed E-state index contributed by atoms with van der Waals surface area (Å²) in [5.74, 6) is -0.400. The molecule has 4 rings (SSSR count). The Labute approximate surface area is 183 Å². The number of rotatable bonds is 6. The van der Waals surface area contributed by atoms with Crippen molar-refractivity contribution in [3.05, 3.63) is 77.2 Å². The highest BCUT2D eigenvalue weighted by Gasteiger charge is 2.37. The fourth-order valence-electron chi connectivity index (χ4n) is 3.52. The minimum absolute atomic E-state index is 0.352. The van der Waals surface area contributed by atoms with Gasteiger partial charge in [-0.25, -0.2) is 4.98 Å². The van der Waals surface area contributed by atoms with Gasteiger partial charge in [0.05, 0.1) is 29.6 Å². The molecule has 1 aliphatic heterocycles. The van der Waals surface area contributed by atoms with E-state index in [0.29, 0.717) is 48.8 Å². The third-order valence-electron chi connectivity index (χ3n) is 5.24. The zero-order valence-electron chi connectivity index (χ0n) is 17.3. The molecule has 0 saturated heterocycles. The third-order valence-corrected chi connectivity index (χ3v) is 5.24. The van der Waals surface area contributed by atoms with Gasteiger partial charge in [-0.1, -0.05) is 6.07 Å². The number of nitrogens with one attached hydrogen (secondary N) is 1. The van der Waals surface area contributed by atoms with Gasteiger partial charge in [0.2, 0.25) is 5.88 Å². The van der Waals surface area contributed by atoms with Gasteiger partial charge in [0.15, 0.2) is 0 Å². The molecule has 1 N–H and O–H groups in total. The lowest BCUT2D eigenvalue weighted by Gasteiger charge is -2.21. The van der Waals surface area contributed by atoms with Crippen molar-refractivity contribution in [1.29, 1.82) is 0 Å². The highest BCUT2D eigenvalue weighted by atomic mass is 19.4. The molecule has 32 heavy (non-hydrogen) atoms. The number of ether oxygens (including phenoxy) is 1. The standard InChI is InChI=1S/C23H21F3N4O2/c1-30(17-5-6-21(29-14-17)32-11-8-16-4-2-3-9-27-16)22(31)18-12-15-7-10-28-20(15)13-19(18)23(24,25)26/h2-6,9,12-14,28H,7-8,10-11H2,1H3. The first-order valence-electron chi connectivity index (χ1n) is 10.1. The third kappa shape index (κ3) is 4.66. The minimum Gasteiger partial charge on any atom is -0.477 e. The van der Waals surface area contributed by atoms with Gasteiger partial charge in [0.25, 0.3) is 5.91 Å². The molecule has 6 nitrogen and oxygen atoms in total. The van der Waals surface area contributed by atoms with Gasteiger partial charge in [0, 0.05) is 43.7 Å². The van der Waals surface area contributed by atoms with Crippen molar-refractivity contribution in [2.45, 2.75) is 19.0 Å².